The van der Waals surface area contributed by atoms with Crippen LogP contribution >= 0.6 is 0 Å². The number of carbonyl (C=O) groups is 1. The number of hydrogen-bond acceptors (Lipinski definition) is 3. The van der Waals surface area contributed by atoms with Crippen molar-refractivity contribution in [1.29, 1.82) is 0 Å². The summed E-state index contributed by atoms with van der Waals surface area (Å²) >= 11 is 0. The van der Waals surface area contributed by atoms with E-state index in [1.54, 1.807) is 7.11 Å². The first-order valence-corrected chi connectivity index (χ1v) is 10.7. The van der Waals surface area contributed by atoms with Crippen molar-refractivity contribution < 1.29 is 18.7 Å². The number of ether oxygens (including phenoxy) is 2. The molecule has 29 heavy (non-hydrogen) atoms. The molecule has 0 amide bonds. The van der Waals surface area contributed by atoms with Crippen LogP contribution in [0.5, 0.6) is 5.75 Å². The van der Waals surface area contributed by atoms with Crippen LogP contribution in [0.1, 0.15) is 63.4 Å². The van der Waals surface area contributed by atoms with Gasteiger partial charge in [0.1, 0.15) is 11.9 Å². The quantitative estimate of drug-likeness (QED) is 0.479. The van der Waals surface area contributed by atoms with Gasteiger partial charge in [0, 0.05) is 0 Å². The summed E-state index contributed by atoms with van der Waals surface area (Å²) in [6, 6.07) is 16.8. The fraction of sp³-hybridized carbons (Fsp3) is 0.480. The van der Waals surface area contributed by atoms with Crippen molar-refractivity contribution >= 4 is 5.97 Å². The Kier molecular flexibility index (Phi) is 7.68. The Morgan fingerprint density at radius 2 is 1.59 bits per heavy atom. The topological polar surface area (TPSA) is 35.5 Å². The van der Waals surface area contributed by atoms with Crippen LogP contribution in [-0.4, -0.2) is 25.4 Å². The number of benzene rings is 2. The molecule has 0 spiro atoms. The van der Waals surface area contributed by atoms with Gasteiger partial charge in [-0.1, -0.05) is 56.2 Å². The van der Waals surface area contributed by atoms with Crippen LogP contribution in [0.4, 0.5) is 4.39 Å². The van der Waals surface area contributed by atoms with Crippen LogP contribution in [0, 0.1) is 0 Å². The lowest BCUT2D eigenvalue weighted by Gasteiger charge is -2.29. The molecular formula is C25H31FO3. The largest absolute Gasteiger partial charge is 0.497 e. The highest BCUT2D eigenvalue weighted by Crippen LogP contribution is 2.35. The van der Waals surface area contributed by atoms with Gasteiger partial charge in [-0.15, -0.1) is 0 Å². The van der Waals surface area contributed by atoms with Crippen molar-refractivity contribution in [2.24, 2.45) is 0 Å². The Morgan fingerprint density at radius 3 is 2.14 bits per heavy atom. The highest BCUT2D eigenvalue weighted by atomic mass is 19.1. The third kappa shape index (κ3) is 5.81. The van der Waals surface area contributed by atoms with Gasteiger partial charge in [0.25, 0.3) is 0 Å². The molecule has 2 aromatic carbocycles. The summed E-state index contributed by atoms with van der Waals surface area (Å²) in [5, 5.41) is 0. The van der Waals surface area contributed by atoms with Gasteiger partial charge in [-0.3, -0.25) is 0 Å². The van der Waals surface area contributed by atoms with Crippen molar-refractivity contribution in [2.75, 3.05) is 7.11 Å². The predicted octanol–water partition coefficient (Wildman–Crippen LogP) is 6.46. The zero-order chi connectivity index (χ0) is 20.6. The minimum Gasteiger partial charge on any atom is -0.497 e. The lowest BCUT2D eigenvalue weighted by atomic mass is 9.82. The molecule has 0 heterocycles. The molecule has 0 aromatic heterocycles. The fourth-order valence-corrected chi connectivity index (χ4v) is 3.98. The Bertz CT molecular complexity index is 762. The SMILES string of the molecule is CCCC[C@H](F)C(=O)OC1CCC(c2ccc(-c3ccc(OC)cc3)cc2)CC1. The first-order valence-electron chi connectivity index (χ1n) is 10.7. The molecule has 0 bridgehead atoms. The average molecular weight is 399 g/mol. The van der Waals surface area contributed by atoms with Gasteiger partial charge in [0.2, 0.25) is 0 Å². The van der Waals surface area contributed by atoms with Crippen LogP contribution in [-0.2, 0) is 9.53 Å². The summed E-state index contributed by atoms with van der Waals surface area (Å²) in [6.07, 6.45) is 3.79. The summed E-state index contributed by atoms with van der Waals surface area (Å²) < 4.78 is 24.4. The van der Waals surface area contributed by atoms with Crippen LogP contribution in [0.2, 0.25) is 0 Å². The number of alkyl halides is 1. The minimum absolute atomic E-state index is 0.141. The highest BCUT2D eigenvalue weighted by molar-refractivity contribution is 5.74. The van der Waals surface area contributed by atoms with Crippen molar-refractivity contribution in [3.05, 3.63) is 54.1 Å². The van der Waals surface area contributed by atoms with Crippen LogP contribution in [0.3, 0.4) is 0 Å². The minimum atomic E-state index is -1.47. The van der Waals surface area contributed by atoms with E-state index in [1.807, 2.05) is 19.1 Å². The molecule has 4 heteroatoms. The second-order valence-electron chi connectivity index (χ2n) is 7.87. The molecule has 0 N–H and O–H groups in total. The maximum Gasteiger partial charge on any atom is 0.340 e. The molecule has 0 aliphatic heterocycles. The maximum absolute atomic E-state index is 13.8. The summed E-state index contributed by atoms with van der Waals surface area (Å²) in [5.41, 5.74) is 3.66. The first kappa shape index (κ1) is 21.4. The van der Waals surface area contributed by atoms with E-state index in [0.29, 0.717) is 5.92 Å². The van der Waals surface area contributed by atoms with Crippen LogP contribution < -0.4 is 4.74 Å². The van der Waals surface area contributed by atoms with Crippen LogP contribution in [0.25, 0.3) is 11.1 Å². The smallest absolute Gasteiger partial charge is 0.340 e. The van der Waals surface area contributed by atoms with Gasteiger partial charge in [-0.25, -0.2) is 9.18 Å². The number of halogens is 1. The number of esters is 1. The molecule has 156 valence electrons. The Labute approximate surface area is 173 Å². The van der Waals surface area contributed by atoms with E-state index in [2.05, 4.69) is 36.4 Å². The van der Waals surface area contributed by atoms with Crippen LogP contribution in [0.15, 0.2) is 48.5 Å². The normalized spacial score (nSPS) is 20.1. The van der Waals surface area contributed by atoms with Gasteiger partial charge >= 0.3 is 5.97 Å². The van der Waals surface area contributed by atoms with Crippen molar-refractivity contribution in [3.63, 3.8) is 0 Å². The van der Waals surface area contributed by atoms with Gasteiger partial charge in [0.05, 0.1) is 7.11 Å². The number of carbonyl (C=O) groups excluding carboxylic acids is 1. The zero-order valence-corrected chi connectivity index (χ0v) is 17.4. The first-order chi connectivity index (χ1) is 14.1. The van der Waals surface area contributed by atoms with E-state index >= 15 is 0 Å². The molecule has 0 saturated heterocycles. The van der Waals surface area contributed by atoms with E-state index in [9.17, 15) is 9.18 Å². The summed E-state index contributed by atoms with van der Waals surface area (Å²) in [5.74, 6) is 0.647. The molecule has 0 unspecified atom stereocenters. The maximum atomic E-state index is 13.8. The number of unbranched alkanes of at least 4 members (excludes halogenated alkanes) is 1. The average Bonchev–Trinajstić information content (AvgIpc) is 2.78. The number of methoxy groups -OCH3 is 1. The Hall–Kier alpha value is -2.36. The highest BCUT2D eigenvalue weighted by Gasteiger charge is 2.27. The van der Waals surface area contributed by atoms with E-state index in [-0.39, 0.29) is 12.5 Å². The van der Waals surface area contributed by atoms with E-state index in [0.717, 1.165) is 49.8 Å². The lowest BCUT2D eigenvalue weighted by Crippen LogP contribution is -2.28. The molecule has 3 nitrogen and oxygen atoms in total. The van der Waals surface area contributed by atoms with Crippen molar-refractivity contribution in [3.8, 4) is 16.9 Å². The second-order valence-corrected chi connectivity index (χ2v) is 7.87. The summed E-state index contributed by atoms with van der Waals surface area (Å²) in [7, 11) is 1.67. The fourth-order valence-electron chi connectivity index (χ4n) is 3.98. The standard InChI is InChI=1S/C25H31FO3/c1-3-4-5-24(26)25(27)29-23-16-12-21(13-17-23)19-8-6-18(7-9-19)20-10-14-22(28-2)15-11-20/h6-11,14-15,21,23-24H,3-5,12-13,16-17H2,1-2H3/t21?,23?,24-/m0/s1. The molecule has 0 radical (unpaired) electrons. The predicted molar refractivity (Wildman–Crippen MR) is 114 cm³/mol. The summed E-state index contributed by atoms with van der Waals surface area (Å²) in [4.78, 5) is 11.9. The lowest BCUT2D eigenvalue weighted by molar-refractivity contribution is -0.157. The molecule has 1 aliphatic carbocycles. The monoisotopic (exact) mass is 398 g/mol. The Balaban J connectivity index is 1.51. The van der Waals surface area contributed by atoms with Gasteiger partial charge in [-0.05, 0) is 66.8 Å². The molecular weight excluding hydrogens is 367 g/mol. The molecule has 3 rings (SSSR count). The van der Waals surface area contributed by atoms with Crippen molar-refractivity contribution in [2.45, 2.75) is 70.1 Å². The number of hydrogen-bond donors (Lipinski definition) is 0. The third-order valence-corrected chi connectivity index (χ3v) is 5.83. The zero-order valence-electron chi connectivity index (χ0n) is 17.4. The van der Waals surface area contributed by atoms with E-state index < -0.39 is 12.1 Å². The van der Waals surface area contributed by atoms with E-state index in [1.165, 1.54) is 11.1 Å². The molecule has 1 aliphatic rings. The van der Waals surface area contributed by atoms with Crippen molar-refractivity contribution in [1.82, 2.24) is 0 Å². The molecule has 1 atom stereocenters. The number of rotatable bonds is 8. The van der Waals surface area contributed by atoms with Gasteiger partial charge in [0.15, 0.2) is 6.17 Å². The van der Waals surface area contributed by atoms with Gasteiger partial charge < -0.3 is 9.47 Å². The summed E-state index contributed by atoms with van der Waals surface area (Å²) in [6.45, 7) is 1.99. The molecule has 1 fully saturated rings. The molecule has 2 aromatic rings. The van der Waals surface area contributed by atoms with Gasteiger partial charge in [-0.2, -0.15) is 0 Å². The van der Waals surface area contributed by atoms with E-state index in [4.69, 9.17) is 9.47 Å². The Morgan fingerprint density at radius 1 is 1.00 bits per heavy atom. The molecule has 1 saturated carbocycles. The second kappa shape index (κ2) is 10.4. The third-order valence-electron chi connectivity index (χ3n) is 5.83.